The average Bonchev–Trinajstić information content (AvgIpc) is 2.66. The molecule has 0 aliphatic heterocycles. The highest BCUT2D eigenvalue weighted by molar-refractivity contribution is 7.16. The van der Waals surface area contributed by atoms with Crippen molar-refractivity contribution in [3.63, 3.8) is 0 Å². The van der Waals surface area contributed by atoms with Gasteiger partial charge in [-0.1, -0.05) is 13.8 Å². The van der Waals surface area contributed by atoms with Gasteiger partial charge in [-0.25, -0.2) is 5.84 Å². The third-order valence-corrected chi connectivity index (χ3v) is 3.85. The predicted molar refractivity (Wildman–Crippen MR) is 73.0 cm³/mol. The van der Waals surface area contributed by atoms with Crippen molar-refractivity contribution >= 4 is 22.2 Å². The lowest BCUT2D eigenvalue weighted by Gasteiger charge is -2.14. The summed E-state index contributed by atoms with van der Waals surface area (Å²) < 4.78 is 0. The van der Waals surface area contributed by atoms with Crippen molar-refractivity contribution < 1.29 is 4.79 Å². The highest BCUT2D eigenvalue weighted by Gasteiger charge is 2.24. The first-order valence-electron chi connectivity index (χ1n) is 6.04. The average molecular weight is 255 g/mol. The molecule has 1 amide bonds. The zero-order chi connectivity index (χ0) is 13.0. The van der Waals surface area contributed by atoms with E-state index in [2.05, 4.69) is 0 Å². The van der Waals surface area contributed by atoms with E-state index in [1.165, 1.54) is 22.6 Å². The van der Waals surface area contributed by atoms with Crippen molar-refractivity contribution in [2.24, 2.45) is 5.84 Å². The van der Waals surface area contributed by atoms with E-state index in [9.17, 15) is 4.79 Å². The minimum atomic E-state index is -0.174. The van der Waals surface area contributed by atoms with Crippen LogP contribution in [0.25, 0.3) is 0 Å². The maximum absolute atomic E-state index is 11.8. The monoisotopic (exact) mass is 255 g/mol. The number of rotatable bonds is 1. The summed E-state index contributed by atoms with van der Waals surface area (Å²) in [5.74, 6) is 5.29. The summed E-state index contributed by atoms with van der Waals surface area (Å²) in [5, 5.41) is 1.72. The van der Waals surface area contributed by atoms with Crippen LogP contribution in [0.15, 0.2) is 0 Å². The minimum Gasteiger partial charge on any atom is -0.390 e. The third-order valence-electron chi connectivity index (χ3n) is 2.73. The zero-order valence-corrected chi connectivity index (χ0v) is 11.6. The highest BCUT2D eigenvalue weighted by atomic mass is 32.1. The van der Waals surface area contributed by atoms with E-state index in [0.29, 0.717) is 10.6 Å². The molecule has 0 unspecified atom stereocenters. The number of nitrogen functional groups attached to an aromatic ring is 1. The Kier molecular flexibility index (Phi) is 4.96. The second kappa shape index (κ2) is 6.02. The van der Waals surface area contributed by atoms with Crippen LogP contribution < -0.4 is 11.6 Å². The number of hydrazine groups is 1. The normalized spacial score (nSPS) is 13.4. The molecule has 0 spiro atoms. The van der Waals surface area contributed by atoms with Crippen LogP contribution in [0, 0.1) is 0 Å². The van der Waals surface area contributed by atoms with Gasteiger partial charge in [0.15, 0.2) is 0 Å². The molecule has 1 aromatic heterocycles. The summed E-state index contributed by atoms with van der Waals surface area (Å²) in [7, 11) is 1.55. The van der Waals surface area contributed by atoms with Crippen LogP contribution in [-0.4, -0.2) is 18.0 Å². The molecule has 0 aromatic carbocycles. The number of carbonyl (C=O) groups is 1. The Hall–Kier alpha value is -1.07. The molecule has 4 nitrogen and oxygen atoms in total. The standard InChI is InChI=1S/C10H15N3OS.C2H6/c1-13(12)10(14)8-6-4-2-3-5-7(6)15-9(8)11;1-2/h2-5,11-12H2,1H3;1-2H3. The lowest BCUT2D eigenvalue weighted by atomic mass is 9.95. The number of fused-ring (bicyclic) bond motifs is 1. The molecular weight excluding hydrogens is 234 g/mol. The molecule has 0 saturated carbocycles. The third kappa shape index (κ3) is 2.79. The molecule has 2 rings (SSSR count). The van der Waals surface area contributed by atoms with Gasteiger partial charge in [-0.15, -0.1) is 11.3 Å². The molecule has 0 bridgehead atoms. The molecule has 0 saturated heterocycles. The quantitative estimate of drug-likeness (QED) is 0.459. The number of thiophene rings is 1. The molecule has 1 aliphatic rings. The number of hydrogen-bond acceptors (Lipinski definition) is 4. The fourth-order valence-electron chi connectivity index (χ4n) is 2.00. The lowest BCUT2D eigenvalue weighted by molar-refractivity contribution is 0.0795. The van der Waals surface area contributed by atoms with Crippen LogP contribution in [-0.2, 0) is 12.8 Å². The van der Waals surface area contributed by atoms with Gasteiger partial charge in [-0.3, -0.25) is 9.80 Å². The number of nitrogens with two attached hydrogens (primary N) is 2. The molecule has 0 radical (unpaired) electrons. The molecule has 1 aliphatic carbocycles. The summed E-state index contributed by atoms with van der Waals surface area (Å²) in [6.07, 6.45) is 4.33. The minimum absolute atomic E-state index is 0.174. The summed E-state index contributed by atoms with van der Waals surface area (Å²) in [4.78, 5) is 13.1. The molecule has 0 fully saturated rings. The first-order valence-corrected chi connectivity index (χ1v) is 6.85. The van der Waals surface area contributed by atoms with Crippen LogP contribution in [0.5, 0.6) is 0 Å². The Labute approximate surface area is 107 Å². The summed E-state index contributed by atoms with van der Waals surface area (Å²) in [6, 6.07) is 0. The SMILES string of the molecule is CC.CN(N)C(=O)c1c(N)sc2c1CCCC2. The van der Waals surface area contributed by atoms with Crippen LogP contribution in [0.2, 0.25) is 0 Å². The number of nitrogens with zero attached hydrogens (tertiary/aromatic N) is 1. The Bertz CT molecular complexity index is 399. The number of amides is 1. The van der Waals surface area contributed by atoms with Gasteiger partial charge in [0.25, 0.3) is 5.91 Å². The van der Waals surface area contributed by atoms with Gasteiger partial charge in [-0.05, 0) is 31.2 Å². The number of anilines is 1. The van der Waals surface area contributed by atoms with E-state index >= 15 is 0 Å². The van der Waals surface area contributed by atoms with Crippen molar-refractivity contribution in [3.8, 4) is 0 Å². The number of carbonyl (C=O) groups excluding carboxylic acids is 1. The van der Waals surface area contributed by atoms with Crippen molar-refractivity contribution in [2.75, 3.05) is 12.8 Å². The fraction of sp³-hybridized carbons (Fsp3) is 0.583. The maximum atomic E-state index is 11.8. The Balaban J connectivity index is 0.000000686. The number of aryl methyl sites for hydroxylation is 1. The van der Waals surface area contributed by atoms with E-state index in [0.717, 1.165) is 29.8 Å². The molecule has 1 aromatic rings. The van der Waals surface area contributed by atoms with Crippen molar-refractivity contribution in [3.05, 3.63) is 16.0 Å². The second-order valence-corrected chi connectivity index (χ2v) is 5.00. The lowest BCUT2D eigenvalue weighted by Crippen LogP contribution is -2.34. The van der Waals surface area contributed by atoms with Gasteiger partial charge in [0.2, 0.25) is 0 Å². The van der Waals surface area contributed by atoms with Crippen LogP contribution in [0.1, 0.15) is 47.5 Å². The number of hydrogen-bond donors (Lipinski definition) is 2. The van der Waals surface area contributed by atoms with Crippen LogP contribution in [0.4, 0.5) is 5.00 Å². The Morgan fingerprint density at radius 3 is 2.47 bits per heavy atom. The maximum Gasteiger partial charge on any atom is 0.270 e. The molecule has 4 N–H and O–H groups in total. The molecule has 5 heteroatoms. The van der Waals surface area contributed by atoms with E-state index in [-0.39, 0.29) is 5.91 Å². The topological polar surface area (TPSA) is 72.3 Å². The van der Waals surface area contributed by atoms with Gasteiger partial charge in [-0.2, -0.15) is 0 Å². The molecule has 1 heterocycles. The van der Waals surface area contributed by atoms with Crippen molar-refractivity contribution in [1.29, 1.82) is 0 Å². The molecule has 17 heavy (non-hydrogen) atoms. The first kappa shape index (κ1) is 14.0. The van der Waals surface area contributed by atoms with Gasteiger partial charge in [0, 0.05) is 11.9 Å². The summed E-state index contributed by atoms with van der Waals surface area (Å²) in [5.41, 5.74) is 7.64. The highest BCUT2D eigenvalue weighted by Crippen LogP contribution is 2.36. The molecular formula is C12H21N3OS. The smallest absolute Gasteiger partial charge is 0.270 e. The van der Waals surface area contributed by atoms with Gasteiger partial charge < -0.3 is 5.73 Å². The Morgan fingerprint density at radius 1 is 1.29 bits per heavy atom. The largest absolute Gasteiger partial charge is 0.390 e. The fourth-order valence-corrected chi connectivity index (χ4v) is 3.15. The first-order chi connectivity index (χ1) is 8.11. The van der Waals surface area contributed by atoms with Gasteiger partial charge >= 0.3 is 0 Å². The van der Waals surface area contributed by atoms with E-state index in [4.69, 9.17) is 11.6 Å². The van der Waals surface area contributed by atoms with E-state index < -0.39 is 0 Å². The van der Waals surface area contributed by atoms with Crippen LogP contribution >= 0.6 is 11.3 Å². The predicted octanol–water partition coefficient (Wildman–Crippen LogP) is 2.18. The summed E-state index contributed by atoms with van der Waals surface area (Å²) in [6.45, 7) is 4.00. The van der Waals surface area contributed by atoms with Crippen LogP contribution in [0.3, 0.4) is 0 Å². The molecule has 96 valence electrons. The van der Waals surface area contributed by atoms with Gasteiger partial charge in [0.05, 0.1) is 10.6 Å². The second-order valence-electron chi connectivity index (χ2n) is 3.87. The van der Waals surface area contributed by atoms with Crippen molar-refractivity contribution in [2.45, 2.75) is 39.5 Å². The Morgan fingerprint density at radius 2 is 1.88 bits per heavy atom. The molecule has 0 atom stereocenters. The zero-order valence-electron chi connectivity index (χ0n) is 10.7. The van der Waals surface area contributed by atoms with E-state index in [1.807, 2.05) is 13.8 Å². The van der Waals surface area contributed by atoms with Crippen molar-refractivity contribution in [1.82, 2.24) is 5.01 Å². The summed E-state index contributed by atoms with van der Waals surface area (Å²) >= 11 is 1.54. The van der Waals surface area contributed by atoms with Gasteiger partial charge in [0.1, 0.15) is 0 Å². The van der Waals surface area contributed by atoms with E-state index in [1.54, 1.807) is 7.05 Å².